The van der Waals surface area contributed by atoms with Crippen LogP contribution in [0.15, 0.2) is 279 Å². The summed E-state index contributed by atoms with van der Waals surface area (Å²) in [6, 6.07) is 92.7. The molecule has 15 heteroatoms. The number of nitriles is 2. The molecule has 0 fully saturated rings. The van der Waals surface area contributed by atoms with Crippen molar-refractivity contribution in [3.05, 3.63) is 301 Å². The van der Waals surface area contributed by atoms with E-state index in [1.165, 1.54) is 0 Å². The van der Waals surface area contributed by atoms with Gasteiger partial charge in [0.1, 0.15) is 46.2 Å². The second-order valence-electron chi connectivity index (χ2n) is 21.5. The molecule has 0 atom stereocenters. The minimum Gasteiger partial charge on any atom is -0.497 e. The van der Waals surface area contributed by atoms with E-state index in [0.29, 0.717) is 77.6 Å². The summed E-state index contributed by atoms with van der Waals surface area (Å²) in [6.45, 7) is -1.37. The molecule has 14 rings (SSSR count). The van der Waals surface area contributed by atoms with Gasteiger partial charge in [-0.1, -0.05) is 216 Å². The molecule has 4 heterocycles. The van der Waals surface area contributed by atoms with Crippen LogP contribution in [0.5, 0.6) is 11.5 Å². The van der Waals surface area contributed by atoms with Gasteiger partial charge in [0.05, 0.1) is 52.3 Å². The van der Waals surface area contributed by atoms with Crippen molar-refractivity contribution in [2.45, 2.75) is 0 Å². The molecule has 4 aromatic heterocycles. The fraction of sp³-hybridized carbons (Fsp3) is 0.0133. The van der Waals surface area contributed by atoms with E-state index in [9.17, 15) is 18.9 Å². The molecule has 0 spiro atoms. The standard InChI is InChI=1S/C75H50B2N8O4S/c1-88-60-38-32-52(33-39-60)72-70-71(75(84(72)76(56-24-12-4-13-25-56)57-26-14-5-15-27-57)63(47-79)69-49-81-67-45-55(37-43-65(67)83-69)51-22-10-3-11-23-51)73(53-34-40-61(41-35-53)89-90(86)87)85(77(58-28-16-6-17-29-58)59-30-18-7-19-31-59)74(70)62(46-78)68-48-80-66-44-54(36-42-64(66)82-68)50-20-8-2-9-21-50/h2-45,48-49,90H,1H3/b74-62-,75-63-. The summed E-state index contributed by atoms with van der Waals surface area (Å²) in [7, 11) is -1.65. The Morgan fingerprint density at radius 1 is 0.400 bits per heavy atom. The van der Waals surface area contributed by atoms with Crippen LogP contribution in [0.3, 0.4) is 0 Å². The van der Waals surface area contributed by atoms with Gasteiger partial charge in [0.2, 0.25) is 0 Å². The van der Waals surface area contributed by atoms with E-state index < -0.39 is 24.7 Å². The lowest BCUT2D eigenvalue weighted by Crippen LogP contribution is -2.54. The van der Waals surface area contributed by atoms with E-state index in [2.05, 4.69) is 69.6 Å². The fourth-order valence-electron chi connectivity index (χ4n) is 12.4. The molecule has 10 aromatic carbocycles. The van der Waals surface area contributed by atoms with Crippen LogP contribution in [0.4, 0.5) is 0 Å². The van der Waals surface area contributed by atoms with Crippen LogP contribution in [-0.2, 0) is 11.0 Å². The molecule has 426 valence electrons. The Kier molecular flexibility index (Phi) is 15.2. The van der Waals surface area contributed by atoms with Crippen molar-refractivity contribution in [2.75, 3.05) is 7.11 Å². The van der Waals surface area contributed by atoms with Gasteiger partial charge >= 0.3 is 13.7 Å². The molecule has 0 aliphatic heterocycles. The van der Waals surface area contributed by atoms with Crippen LogP contribution in [-0.4, -0.2) is 58.1 Å². The normalized spacial score (nSPS) is 11.9. The van der Waals surface area contributed by atoms with Crippen molar-refractivity contribution in [2.24, 2.45) is 0 Å². The van der Waals surface area contributed by atoms with Crippen LogP contribution in [0.2, 0.25) is 0 Å². The smallest absolute Gasteiger partial charge is 0.328 e. The van der Waals surface area contributed by atoms with Gasteiger partial charge in [-0.05, 0) is 106 Å². The maximum atomic E-state index is 12.5. The number of rotatable bonds is 15. The van der Waals surface area contributed by atoms with Gasteiger partial charge in [-0.3, -0.25) is 9.97 Å². The number of fused-ring (bicyclic) bond motifs is 3. The molecule has 0 unspecified atom stereocenters. The van der Waals surface area contributed by atoms with Gasteiger partial charge in [0, 0.05) is 22.2 Å². The number of ether oxygens (including phenoxy) is 1. The number of hydrogen-bond donors (Lipinski definition) is 1. The van der Waals surface area contributed by atoms with E-state index in [1.54, 1.807) is 31.6 Å². The molecule has 12 nitrogen and oxygen atoms in total. The maximum Gasteiger partial charge on any atom is 0.328 e. The van der Waals surface area contributed by atoms with Crippen LogP contribution in [0, 0.1) is 22.7 Å². The fourth-order valence-corrected chi connectivity index (χ4v) is 12.6. The molecule has 0 saturated carbocycles. The predicted molar refractivity (Wildman–Crippen MR) is 360 cm³/mol. The molecule has 0 bridgehead atoms. The lowest BCUT2D eigenvalue weighted by Gasteiger charge is -2.24. The molecule has 0 amide bonds. The lowest BCUT2D eigenvalue weighted by molar-refractivity contribution is 0.415. The van der Waals surface area contributed by atoms with Gasteiger partial charge in [-0.25, -0.2) is 9.97 Å². The Labute approximate surface area is 521 Å². The largest absolute Gasteiger partial charge is 0.497 e. The second-order valence-corrected chi connectivity index (χ2v) is 22.2. The summed E-state index contributed by atoms with van der Waals surface area (Å²) < 4.78 is 40.1. The quantitative estimate of drug-likeness (QED) is 0.0773. The monoisotopic (exact) mass is 1180 g/mol. The number of hydrogen-bond acceptors (Lipinski definition) is 10. The van der Waals surface area contributed by atoms with Crippen molar-refractivity contribution in [3.63, 3.8) is 0 Å². The van der Waals surface area contributed by atoms with Gasteiger partial charge in [-0.15, -0.1) is 0 Å². The van der Waals surface area contributed by atoms with Crippen molar-refractivity contribution in [1.82, 2.24) is 28.9 Å². The highest BCUT2D eigenvalue weighted by molar-refractivity contribution is 7.67. The van der Waals surface area contributed by atoms with E-state index in [4.69, 9.17) is 28.9 Å². The molecular weight excluding hydrogens is 1130 g/mol. The van der Waals surface area contributed by atoms with Crippen molar-refractivity contribution < 1.29 is 17.3 Å². The number of aromatic nitrogens is 6. The summed E-state index contributed by atoms with van der Waals surface area (Å²) >= 11 is 0. The van der Waals surface area contributed by atoms with Crippen molar-refractivity contribution in [3.8, 4) is 68.4 Å². The van der Waals surface area contributed by atoms with E-state index >= 15 is 0 Å². The van der Waals surface area contributed by atoms with Crippen LogP contribution >= 0.6 is 0 Å². The number of benzene rings is 10. The van der Waals surface area contributed by atoms with Gasteiger partial charge in [0.25, 0.3) is 11.0 Å². The highest BCUT2D eigenvalue weighted by atomic mass is 32.2. The van der Waals surface area contributed by atoms with Crippen LogP contribution < -0.4 is 41.5 Å². The summed E-state index contributed by atoms with van der Waals surface area (Å²) in [6.07, 6.45) is 3.33. The summed E-state index contributed by atoms with van der Waals surface area (Å²) in [5, 5.41) is 27.0. The molecule has 90 heavy (non-hydrogen) atoms. The molecule has 14 aromatic rings. The predicted octanol–water partition coefficient (Wildman–Crippen LogP) is 10.7. The first-order valence-corrected chi connectivity index (χ1v) is 30.2. The molecule has 0 radical (unpaired) electrons. The highest BCUT2D eigenvalue weighted by Gasteiger charge is 2.37. The number of thiol groups is 1. The average Bonchev–Trinajstić information content (AvgIpc) is 1.52. The van der Waals surface area contributed by atoms with Crippen molar-refractivity contribution >= 4 is 90.5 Å². The first kappa shape index (κ1) is 55.9. The highest BCUT2D eigenvalue weighted by Crippen LogP contribution is 2.38. The van der Waals surface area contributed by atoms with Crippen LogP contribution in [0.25, 0.3) is 88.8 Å². The second kappa shape index (κ2) is 24.5. The Balaban J connectivity index is 1.25. The average molecular weight is 1180 g/mol. The molecular formula is C75H50B2N8O4S. The summed E-state index contributed by atoms with van der Waals surface area (Å²) in [4.78, 5) is 20.9. The first-order chi connectivity index (χ1) is 44.3. The third-order valence-electron chi connectivity index (χ3n) is 16.3. The zero-order valence-corrected chi connectivity index (χ0v) is 49.3. The Hall–Kier alpha value is -11.9. The first-order valence-electron chi connectivity index (χ1n) is 29.1. The summed E-state index contributed by atoms with van der Waals surface area (Å²) in [5.41, 5.74) is 13.4. The zero-order chi connectivity index (χ0) is 61.1. The maximum absolute atomic E-state index is 12.5. The lowest BCUT2D eigenvalue weighted by atomic mass is 9.50. The number of nitrogens with zero attached hydrogens (tertiary/aromatic N) is 8. The Morgan fingerprint density at radius 2 is 0.733 bits per heavy atom. The minimum atomic E-state index is -3.28. The topological polar surface area (TPSA) is 162 Å². The van der Waals surface area contributed by atoms with Crippen LogP contribution in [0.1, 0.15) is 11.4 Å². The number of methoxy groups -OCH3 is 1. The molecule has 0 aliphatic carbocycles. The third-order valence-corrected chi connectivity index (χ3v) is 16.7. The Morgan fingerprint density at radius 3 is 1.07 bits per heavy atom. The van der Waals surface area contributed by atoms with E-state index in [0.717, 1.165) is 49.7 Å². The van der Waals surface area contributed by atoms with Gasteiger partial charge in [0.15, 0.2) is 0 Å². The van der Waals surface area contributed by atoms with E-state index in [-0.39, 0.29) is 16.9 Å². The summed E-state index contributed by atoms with van der Waals surface area (Å²) in [5.74, 6) is 0.705. The SMILES string of the molecule is COc1ccc(-c2c3/c(=C(\C#N)c4cnc5cc(-c6ccccc6)ccc5n4)n(B(c4ccccc4)c4ccccc4)c(-c4ccc(O[SH](=O)=O)cc4)c3/c(=C(\C#N)c3cnc4cc(-c5ccccc5)ccc4n3)n2B(c2ccccc2)c2ccccc2)cc1. The van der Waals surface area contributed by atoms with Crippen molar-refractivity contribution in [1.29, 1.82) is 10.5 Å². The van der Waals surface area contributed by atoms with Gasteiger partial charge < -0.3 is 17.9 Å². The van der Waals surface area contributed by atoms with Gasteiger partial charge in [-0.2, -0.15) is 18.9 Å². The molecule has 0 saturated heterocycles. The Bertz CT molecular complexity index is 5090. The van der Waals surface area contributed by atoms with E-state index in [1.807, 2.05) is 206 Å². The third kappa shape index (κ3) is 10.5. The molecule has 0 N–H and O–H groups in total. The zero-order valence-electron chi connectivity index (χ0n) is 48.4. The minimum absolute atomic E-state index is 0.0920. The molecule has 0 aliphatic rings.